The summed E-state index contributed by atoms with van der Waals surface area (Å²) in [5.41, 5.74) is 7.19. The molecule has 2 aromatic rings. The fourth-order valence-electron chi connectivity index (χ4n) is 1.71. The van der Waals surface area contributed by atoms with E-state index in [1.807, 2.05) is 19.1 Å². The smallest absolute Gasteiger partial charge is 0.289 e. The van der Waals surface area contributed by atoms with Gasteiger partial charge in [0.05, 0.1) is 9.95 Å². The Balaban J connectivity index is 2.17. The first kappa shape index (κ1) is 14.1. The van der Waals surface area contributed by atoms with Crippen LogP contribution in [-0.2, 0) is 0 Å². The Hall–Kier alpha value is -2.34. The zero-order valence-electron chi connectivity index (χ0n) is 10.7. The minimum Gasteiger partial charge on any atom is -0.399 e. The molecule has 0 radical (unpaired) electrons. The normalized spacial score (nSPS) is 11.9. The summed E-state index contributed by atoms with van der Waals surface area (Å²) in [6, 6.07) is 8.61. The van der Waals surface area contributed by atoms with Gasteiger partial charge < -0.3 is 11.1 Å². The molecule has 2 rings (SSSR count). The van der Waals surface area contributed by atoms with Crippen LogP contribution in [0.25, 0.3) is 0 Å². The standard InChI is InChI=1S/C13H13ClN4O2/c1-8(9-2-4-10(15)5-3-9)17-13-12(14)6-11(7-16-13)18(19)20/h2-8H,15H2,1H3,(H,16,17). The third kappa shape index (κ3) is 3.16. The molecule has 1 aromatic carbocycles. The molecule has 3 N–H and O–H groups in total. The van der Waals surface area contributed by atoms with E-state index >= 15 is 0 Å². The highest BCUT2D eigenvalue weighted by Crippen LogP contribution is 2.27. The second-order valence-electron chi connectivity index (χ2n) is 4.31. The lowest BCUT2D eigenvalue weighted by atomic mass is 10.1. The molecule has 104 valence electrons. The Morgan fingerprint density at radius 3 is 2.60 bits per heavy atom. The molecule has 0 spiro atoms. The lowest BCUT2D eigenvalue weighted by Gasteiger charge is -2.15. The van der Waals surface area contributed by atoms with Crippen LogP contribution in [0.1, 0.15) is 18.5 Å². The van der Waals surface area contributed by atoms with Crippen LogP contribution >= 0.6 is 11.6 Å². The number of hydrogen-bond donors (Lipinski definition) is 2. The van der Waals surface area contributed by atoms with Crippen molar-refractivity contribution >= 4 is 28.8 Å². The maximum Gasteiger partial charge on any atom is 0.289 e. The molecule has 0 aliphatic carbocycles. The fourth-order valence-corrected chi connectivity index (χ4v) is 1.92. The number of rotatable bonds is 4. The quantitative estimate of drug-likeness (QED) is 0.511. The molecule has 1 atom stereocenters. The molecular weight excluding hydrogens is 280 g/mol. The van der Waals surface area contributed by atoms with Crippen LogP contribution in [0.4, 0.5) is 17.2 Å². The van der Waals surface area contributed by atoms with E-state index in [4.69, 9.17) is 17.3 Å². The third-order valence-corrected chi connectivity index (χ3v) is 3.12. The van der Waals surface area contributed by atoms with E-state index in [9.17, 15) is 10.1 Å². The van der Waals surface area contributed by atoms with Gasteiger partial charge in [0.2, 0.25) is 0 Å². The monoisotopic (exact) mass is 292 g/mol. The number of anilines is 2. The molecule has 0 bridgehead atoms. The second-order valence-corrected chi connectivity index (χ2v) is 4.72. The molecule has 0 saturated carbocycles. The number of nitrogens with one attached hydrogen (secondary N) is 1. The molecule has 0 saturated heterocycles. The summed E-state index contributed by atoms with van der Waals surface area (Å²) in [5.74, 6) is 0.404. The van der Waals surface area contributed by atoms with Crippen LogP contribution in [-0.4, -0.2) is 9.91 Å². The highest BCUT2D eigenvalue weighted by atomic mass is 35.5. The summed E-state index contributed by atoms with van der Waals surface area (Å²) in [5, 5.41) is 13.9. The van der Waals surface area contributed by atoms with Crippen molar-refractivity contribution in [3.63, 3.8) is 0 Å². The Morgan fingerprint density at radius 2 is 2.05 bits per heavy atom. The fraction of sp³-hybridized carbons (Fsp3) is 0.154. The zero-order chi connectivity index (χ0) is 14.7. The van der Waals surface area contributed by atoms with Gasteiger partial charge in [-0.1, -0.05) is 23.7 Å². The minimum absolute atomic E-state index is 0.0537. The van der Waals surface area contributed by atoms with Crippen LogP contribution in [0.5, 0.6) is 0 Å². The average molecular weight is 293 g/mol. The Bertz CT molecular complexity index is 631. The first-order chi connectivity index (χ1) is 9.47. The lowest BCUT2D eigenvalue weighted by molar-refractivity contribution is -0.385. The number of hydrogen-bond acceptors (Lipinski definition) is 5. The van der Waals surface area contributed by atoms with Crippen molar-refractivity contribution in [2.24, 2.45) is 0 Å². The second kappa shape index (κ2) is 5.75. The number of pyridine rings is 1. The van der Waals surface area contributed by atoms with Crippen molar-refractivity contribution < 1.29 is 4.92 Å². The number of benzene rings is 1. The van der Waals surface area contributed by atoms with Crippen LogP contribution in [0.15, 0.2) is 36.5 Å². The molecule has 0 fully saturated rings. The van der Waals surface area contributed by atoms with Crippen LogP contribution in [0.3, 0.4) is 0 Å². The topological polar surface area (TPSA) is 94.1 Å². The van der Waals surface area contributed by atoms with Gasteiger partial charge in [-0.3, -0.25) is 10.1 Å². The molecule has 1 heterocycles. The summed E-state index contributed by atoms with van der Waals surface area (Å²) in [7, 11) is 0. The van der Waals surface area contributed by atoms with Gasteiger partial charge in [-0.05, 0) is 24.6 Å². The molecule has 20 heavy (non-hydrogen) atoms. The molecule has 7 heteroatoms. The van der Waals surface area contributed by atoms with Crippen molar-refractivity contribution in [1.29, 1.82) is 0 Å². The van der Waals surface area contributed by atoms with Gasteiger partial charge in [0, 0.05) is 17.8 Å². The Kier molecular flexibility index (Phi) is 4.05. The summed E-state index contributed by atoms with van der Waals surface area (Å²) in [4.78, 5) is 14.1. The van der Waals surface area contributed by atoms with Crippen molar-refractivity contribution in [2.45, 2.75) is 13.0 Å². The molecule has 1 unspecified atom stereocenters. The van der Waals surface area contributed by atoms with E-state index in [-0.39, 0.29) is 16.8 Å². The van der Waals surface area contributed by atoms with Gasteiger partial charge in [-0.2, -0.15) is 0 Å². The number of nitrogens with zero attached hydrogens (tertiary/aromatic N) is 2. The SMILES string of the molecule is CC(Nc1ncc([N+](=O)[O-])cc1Cl)c1ccc(N)cc1. The average Bonchev–Trinajstić information content (AvgIpc) is 2.41. The summed E-state index contributed by atoms with van der Waals surface area (Å²) in [6.07, 6.45) is 1.17. The van der Waals surface area contributed by atoms with E-state index in [1.54, 1.807) is 12.1 Å². The molecule has 1 aromatic heterocycles. The predicted molar refractivity (Wildman–Crippen MR) is 78.8 cm³/mol. The highest BCUT2D eigenvalue weighted by molar-refractivity contribution is 6.33. The number of aromatic nitrogens is 1. The van der Waals surface area contributed by atoms with E-state index in [0.29, 0.717) is 11.5 Å². The Morgan fingerprint density at radius 1 is 1.40 bits per heavy atom. The molecule has 6 nitrogen and oxygen atoms in total. The van der Waals surface area contributed by atoms with Gasteiger partial charge in [0.1, 0.15) is 12.0 Å². The number of nitrogens with two attached hydrogens (primary N) is 1. The van der Waals surface area contributed by atoms with E-state index in [2.05, 4.69) is 10.3 Å². The maximum absolute atomic E-state index is 10.6. The van der Waals surface area contributed by atoms with Crippen molar-refractivity contribution in [1.82, 2.24) is 4.98 Å². The van der Waals surface area contributed by atoms with Crippen LogP contribution in [0, 0.1) is 10.1 Å². The lowest BCUT2D eigenvalue weighted by Crippen LogP contribution is -2.08. The summed E-state index contributed by atoms with van der Waals surface area (Å²) >= 11 is 5.98. The van der Waals surface area contributed by atoms with Crippen molar-refractivity contribution in [3.05, 3.63) is 57.2 Å². The third-order valence-electron chi connectivity index (χ3n) is 2.83. The largest absolute Gasteiger partial charge is 0.399 e. The zero-order valence-corrected chi connectivity index (χ0v) is 11.5. The Labute approximate surface area is 120 Å². The van der Waals surface area contributed by atoms with Crippen molar-refractivity contribution in [3.8, 4) is 0 Å². The molecule has 0 aliphatic heterocycles. The van der Waals surface area contributed by atoms with E-state index in [1.165, 1.54) is 12.3 Å². The molecule has 0 aliphatic rings. The minimum atomic E-state index is -0.536. The number of nitrogen functional groups attached to an aromatic ring is 1. The van der Waals surface area contributed by atoms with E-state index < -0.39 is 4.92 Å². The first-order valence-corrected chi connectivity index (χ1v) is 6.27. The van der Waals surface area contributed by atoms with Crippen LogP contribution in [0.2, 0.25) is 5.02 Å². The summed E-state index contributed by atoms with van der Waals surface area (Å²) in [6.45, 7) is 1.94. The van der Waals surface area contributed by atoms with Gasteiger partial charge in [-0.15, -0.1) is 0 Å². The van der Waals surface area contributed by atoms with Crippen molar-refractivity contribution in [2.75, 3.05) is 11.1 Å². The predicted octanol–water partition coefficient (Wildman–Crippen LogP) is 3.40. The van der Waals surface area contributed by atoms with Crippen LogP contribution < -0.4 is 11.1 Å². The van der Waals surface area contributed by atoms with Gasteiger partial charge in [0.25, 0.3) is 5.69 Å². The van der Waals surface area contributed by atoms with Gasteiger partial charge in [-0.25, -0.2) is 4.98 Å². The van der Waals surface area contributed by atoms with E-state index in [0.717, 1.165) is 5.56 Å². The summed E-state index contributed by atoms with van der Waals surface area (Å²) < 4.78 is 0. The molecular formula is C13H13ClN4O2. The highest BCUT2D eigenvalue weighted by Gasteiger charge is 2.13. The van der Waals surface area contributed by atoms with Gasteiger partial charge in [0.15, 0.2) is 0 Å². The number of halogens is 1. The van der Waals surface area contributed by atoms with Gasteiger partial charge >= 0.3 is 0 Å². The first-order valence-electron chi connectivity index (χ1n) is 5.89. The maximum atomic E-state index is 10.6. The molecule has 0 amide bonds. The number of nitro groups is 1.